The largest absolute Gasteiger partial charge is 0.378 e. The zero-order valence-corrected chi connectivity index (χ0v) is 12.9. The number of hydrogen-bond donors (Lipinski definition) is 2. The van der Waals surface area contributed by atoms with Gasteiger partial charge in [0, 0.05) is 31.6 Å². The summed E-state index contributed by atoms with van der Waals surface area (Å²) in [6.07, 6.45) is 2.90. The SMILES string of the molecule is CC1(C)COCCN1CCNC(=O)CCC1CCNC1. The first-order valence-electron chi connectivity index (χ1n) is 7.88. The smallest absolute Gasteiger partial charge is 0.220 e. The van der Waals surface area contributed by atoms with Gasteiger partial charge in [0.1, 0.15) is 0 Å². The molecule has 0 saturated carbocycles. The second-order valence-electron chi connectivity index (χ2n) is 6.60. The number of rotatable bonds is 6. The van der Waals surface area contributed by atoms with E-state index in [1.165, 1.54) is 6.42 Å². The van der Waals surface area contributed by atoms with Crippen LogP contribution >= 0.6 is 0 Å². The van der Waals surface area contributed by atoms with Crippen molar-refractivity contribution in [3.8, 4) is 0 Å². The number of ether oxygens (including phenoxy) is 1. The van der Waals surface area contributed by atoms with E-state index in [9.17, 15) is 4.79 Å². The topological polar surface area (TPSA) is 53.6 Å². The predicted octanol–water partition coefficient (Wildman–Crippen LogP) is 0.603. The van der Waals surface area contributed by atoms with Gasteiger partial charge in [-0.25, -0.2) is 0 Å². The van der Waals surface area contributed by atoms with Crippen LogP contribution in [-0.4, -0.2) is 62.3 Å². The Morgan fingerprint density at radius 1 is 1.50 bits per heavy atom. The summed E-state index contributed by atoms with van der Waals surface area (Å²) in [5, 5.41) is 6.39. The molecule has 1 atom stereocenters. The molecule has 0 bridgehead atoms. The summed E-state index contributed by atoms with van der Waals surface area (Å²) in [7, 11) is 0. The summed E-state index contributed by atoms with van der Waals surface area (Å²) in [6.45, 7) is 10.8. The molecule has 0 spiro atoms. The Hall–Kier alpha value is -0.650. The second-order valence-corrected chi connectivity index (χ2v) is 6.60. The third-order valence-electron chi connectivity index (χ3n) is 4.46. The molecule has 2 N–H and O–H groups in total. The molecule has 2 aliphatic rings. The summed E-state index contributed by atoms with van der Waals surface area (Å²) < 4.78 is 5.50. The molecule has 1 amide bonds. The van der Waals surface area contributed by atoms with Crippen LogP contribution in [0.3, 0.4) is 0 Å². The van der Waals surface area contributed by atoms with Crippen LogP contribution in [0.25, 0.3) is 0 Å². The molecule has 20 heavy (non-hydrogen) atoms. The van der Waals surface area contributed by atoms with E-state index in [1.54, 1.807) is 0 Å². The molecule has 0 aromatic carbocycles. The minimum absolute atomic E-state index is 0.0818. The molecule has 0 radical (unpaired) electrons. The average Bonchev–Trinajstić information content (AvgIpc) is 2.91. The van der Waals surface area contributed by atoms with Gasteiger partial charge < -0.3 is 15.4 Å². The minimum atomic E-state index is 0.0818. The van der Waals surface area contributed by atoms with E-state index < -0.39 is 0 Å². The predicted molar refractivity (Wildman–Crippen MR) is 79.7 cm³/mol. The molecular formula is C15H29N3O2. The Bertz CT molecular complexity index is 314. The van der Waals surface area contributed by atoms with E-state index in [-0.39, 0.29) is 11.4 Å². The first-order chi connectivity index (χ1) is 9.58. The molecule has 2 heterocycles. The molecule has 2 aliphatic heterocycles. The lowest BCUT2D eigenvalue weighted by Crippen LogP contribution is -2.54. The number of carbonyl (C=O) groups excluding carboxylic acids is 1. The van der Waals surface area contributed by atoms with Crippen LogP contribution in [0.4, 0.5) is 0 Å². The minimum Gasteiger partial charge on any atom is -0.378 e. The van der Waals surface area contributed by atoms with Crippen LogP contribution in [0.5, 0.6) is 0 Å². The highest BCUT2D eigenvalue weighted by Crippen LogP contribution is 2.18. The van der Waals surface area contributed by atoms with E-state index in [2.05, 4.69) is 29.4 Å². The summed E-state index contributed by atoms with van der Waals surface area (Å²) in [5.41, 5.74) is 0.0818. The molecule has 0 aliphatic carbocycles. The third kappa shape index (κ3) is 4.72. The molecular weight excluding hydrogens is 254 g/mol. The zero-order chi connectivity index (χ0) is 14.4. The van der Waals surface area contributed by atoms with Crippen LogP contribution in [0.2, 0.25) is 0 Å². The number of morpholine rings is 1. The Labute approximate surface area is 122 Å². The fraction of sp³-hybridized carbons (Fsp3) is 0.933. The highest BCUT2D eigenvalue weighted by Gasteiger charge is 2.29. The number of nitrogens with one attached hydrogen (secondary N) is 2. The van der Waals surface area contributed by atoms with Crippen molar-refractivity contribution in [1.82, 2.24) is 15.5 Å². The molecule has 2 saturated heterocycles. The van der Waals surface area contributed by atoms with Crippen molar-refractivity contribution in [2.45, 2.75) is 38.6 Å². The monoisotopic (exact) mass is 283 g/mol. The number of nitrogens with zero attached hydrogens (tertiary/aromatic N) is 1. The van der Waals surface area contributed by atoms with Crippen LogP contribution < -0.4 is 10.6 Å². The third-order valence-corrected chi connectivity index (χ3v) is 4.46. The van der Waals surface area contributed by atoms with Crippen molar-refractivity contribution in [3.63, 3.8) is 0 Å². The highest BCUT2D eigenvalue weighted by molar-refractivity contribution is 5.75. The van der Waals surface area contributed by atoms with Crippen molar-refractivity contribution >= 4 is 5.91 Å². The number of hydrogen-bond acceptors (Lipinski definition) is 4. The quantitative estimate of drug-likeness (QED) is 0.750. The van der Waals surface area contributed by atoms with Crippen molar-refractivity contribution < 1.29 is 9.53 Å². The average molecular weight is 283 g/mol. The van der Waals surface area contributed by atoms with E-state index in [4.69, 9.17) is 4.74 Å². The van der Waals surface area contributed by atoms with Gasteiger partial charge in [0.05, 0.1) is 13.2 Å². The maximum absolute atomic E-state index is 11.8. The van der Waals surface area contributed by atoms with Crippen LogP contribution in [0, 0.1) is 5.92 Å². The Morgan fingerprint density at radius 3 is 3.05 bits per heavy atom. The molecule has 5 heteroatoms. The van der Waals surface area contributed by atoms with Gasteiger partial charge in [-0.15, -0.1) is 0 Å². The molecule has 2 fully saturated rings. The van der Waals surface area contributed by atoms with E-state index >= 15 is 0 Å². The fourth-order valence-electron chi connectivity index (χ4n) is 3.02. The molecule has 116 valence electrons. The Kier molecular flexibility index (Phi) is 5.81. The van der Waals surface area contributed by atoms with Gasteiger partial charge in [-0.1, -0.05) is 0 Å². The van der Waals surface area contributed by atoms with Crippen molar-refractivity contribution in [3.05, 3.63) is 0 Å². The van der Waals surface area contributed by atoms with Crippen LogP contribution in [0.1, 0.15) is 33.1 Å². The van der Waals surface area contributed by atoms with Crippen molar-refractivity contribution in [2.75, 3.05) is 45.9 Å². The van der Waals surface area contributed by atoms with E-state index in [0.29, 0.717) is 12.3 Å². The number of amides is 1. The lowest BCUT2D eigenvalue weighted by Gasteiger charge is -2.42. The lowest BCUT2D eigenvalue weighted by atomic mass is 10.0. The van der Waals surface area contributed by atoms with Gasteiger partial charge in [-0.2, -0.15) is 0 Å². The van der Waals surface area contributed by atoms with Crippen LogP contribution in [-0.2, 0) is 9.53 Å². The highest BCUT2D eigenvalue weighted by atomic mass is 16.5. The van der Waals surface area contributed by atoms with E-state index in [1.807, 2.05) is 0 Å². The Morgan fingerprint density at radius 2 is 2.35 bits per heavy atom. The van der Waals surface area contributed by atoms with Gasteiger partial charge in [0.2, 0.25) is 5.91 Å². The van der Waals surface area contributed by atoms with Crippen molar-refractivity contribution in [1.29, 1.82) is 0 Å². The van der Waals surface area contributed by atoms with Gasteiger partial charge in [-0.3, -0.25) is 9.69 Å². The molecule has 0 aromatic rings. The summed E-state index contributed by atoms with van der Waals surface area (Å²) >= 11 is 0. The lowest BCUT2D eigenvalue weighted by molar-refractivity contribution is -0.121. The molecule has 2 rings (SSSR count). The Balaban J connectivity index is 1.58. The maximum Gasteiger partial charge on any atom is 0.220 e. The second kappa shape index (κ2) is 7.38. The fourth-order valence-corrected chi connectivity index (χ4v) is 3.02. The molecule has 5 nitrogen and oxygen atoms in total. The van der Waals surface area contributed by atoms with Crippen LogP contribution in [0.15, 0.2) is 0 Å². The molecule has 1 unspecified atom stereocenters. The number of carbonyl (C=O) groups is 1. The first kappa shape index (κ1) is 15.7. The van der Waals surface area contributed by atoms with Crippen molar-refractivity contribution in [2.24, 2.45) is 5.92 Å². The summed E-state index contributed by atoms with van der Waals surface area (Å²) in [6, 6.07) is 0. The summed E-state index contributed by atoms with van der Waals surface area (Å²) in [4.78, 5) is 14.2. The van der Waals surface area contributed by atoms with Gasteiger partial charge in [-0.05, 0) is 45.7 Å². The van der Waals surface area contributed by atoms with Gasteiger partial charge in [0.25, 0.3) is 0 Å². The normalized spacial score (nSPS) is 26.6. The molecule has 0 aromatic heterocycles. The standard InChI is InChI=1S/C15H29N3O2/c1-15(2)12-20-10-9-18(15)8-7-17-14(19)4-3-13-5-6-16-11-13/h13,16H,3-12H2,1-2H3,(H,17,19). The van der Waals surface area contributed by atoms with Gasteiger partial charge >= 0.3 is 0 Å². The summed E-state index contributed by atoms with van der Waals surface area (Å²) in [5.74, 6) is 0.891. The van der Waals surface area contributed by atoms with Gasteiger partial charge in [0.15, 0.2) is 0 Å². The zero-order valence-electron chi connectivity index (χ0n) is 12.9. The van der Waals surface area contributed by atoms with E-state index in [0.717, 1.165) is 52.4 Å². The first-order valence-corrected chi connectivity index (χ1v) is 7.88. The maximum atomic E-state index is 11.8.